The van der Waals surface area contributed by atoms with E-state index >= 15 is 0 Å². The fourth-order valence-electron chi connectivity index (χ4n) is 4.22. The van der Waals surface area contributed by atoms with Crippen molar-refractivity contribution in [3.63, 3.8) is 0 Å². The van der Waals surface area contributed by atoms with Crippen LogP contribution in [0.5, 0.6) is 0 Å². The van der Waals surface area contributed by atoms with Gasteiger partial charge in [-0.2, -0.15) is 0 Å². The minimum Gasteiger partial charge on any atom is -0.352 e. The number of hydrogen-bond acceptors (Lipinski definition) is 2. The first-order chi connectivity index (χ1) is 14.9. The van der Waals surface area contributed by atoms with Crippen molar-refractivity contribution >= 4 is 35.0 Å². The van der Waals surface area contributed by atoms with Crippen molar-refractivity contribution in [1.29, 1.82) is 0 Å². The Kier molecular flexibility index (Phi) is 8.39. The minimum atomic E-state index is -0.517. The van der Waals surface area contributed by atoms with Gasteiger partial charge in [0.25, 0.3) is 0 Å². The van der Waals surface area contributed by atoms with Gasteiger partial charge in [0.05, 0.1) is 16.5 Å². The summed E-state index contributed by atoms with van der Waals surface area (Å²) in [6.45, 7) is 4.36. The Balaban J connectivity index is 1.83. The predicted octanol–water partition coefficient (Wildman–Crippen LogP) is 5.71. The smallest absolute Gasteiger partial charge is 0.243 e. The van der Waals surface area contributed by atoms with Gasteiger partial charge in [-0.15, -0.1) is 0 Å². The van der Waals surface area contributed by atoms with Crippen LogP contribution >= 0.6 is 23.2 Å². The summed E-state index contributed by atoms with van der Waals surface area (Å²) in [5.74, 6) is -0.169. The highest BCUT2D eigenvalue weighted by molar-refractivity contribution is 6.42. The van der Waals surface area contributed by atoms with Crippen molar-refractivity contribution in [2.24, 2.45) is 0 Å². The molecule has 0 bridgehead atoms. The first-order valence-corrected chi connectivity index (χ1v) is 11.7. The Morgan fingerprint density at radius 2 is 1.81 bits per heavy atom. The normalized spacial score (nSPS) is 15.0. The van der Waals surface area contributed by atoms with Crippen LogP contribution in [0.2, 0.25) is 10.0 Å². The maximum Gasteiger partial charge on any atom is 0.243 e. The van der Waals surface area contributed by atoms with Gasteiger partial charge in [-0.3, -0.25) is 9.59 Å². The van der Waals surface area contributed by atoms with Crippen molar-refractivity contribution in [2.75, 3.05) is 0 Å². The first-order valence-electron chi connectivity index (χ1n) is 11.0. The summed E-state index contributed by atoms with van der Waals surface area (Å²) in [6, 6.07) is 13.0. The molecule has 0 aliphatic heterocycles. The van der Waals surface area contributed by atoms with Crippen LogP contribution in [-0.4, -0.2) is 28.8 Å². The Morgan fingerprint density at radius 1 is 1.06 bits per heavy atom. The Bertz CT molecular complexity index is 925. The lowest BCUT2D eigenvalue weighted by Gasteiger charge is -2.31. The predicted molar refractivity (Wildman–Crippen MR) is 126 cm³/mol. The quantitative estimate of drug-likeness (QED) is 0.548. The van der Waals surface area contributed by atoms with Crippen LogP contribution in [0.1, 0.15) is 55.7 Å². The average Bonchev–Trinajstić information content (AvgIpc) is 3.23. The molecule has 1 aliphatic carbocycles. The monoisotopic (exact) mass is 460 g/mol. The first kappa shape index (κ1) is 23.6. The molecule has 3 rings (SSSR count). The Morgan fingerprint density at radius 3 is 2.45 bits per heavy atom. The molecule has 2 amide bonds. The summed E-state index contributed by atoms with van der Waals surface area (Å²) < 4.78 is 0. The van der Waals surface area contributed by atoms with Gasteiger partial charge >= 0.3 is 0 Å². The number of halogens is 2. The number of carbonyl (C=O) groups is 2. The topological polar surface area (TPSA) is 49.4 Å². The van der Waals surface area contributed by atoms with E-state index in [4.69, 9.17) is 23.2 Å². The number of benzene rings is 2. The number of carbonyl (C=O) groups excluding carboxylic acids is 2. The van der Waals surface area contributed by atoms with Gasteiger partial charge in [-0.05, 0) is 49.4 Å². The third-order valence-corrected chi connectivity index (χ3v) is 6.60. The molecular formula is C25H30Cl2N2O2. The second-order valence-electron chi connectivity index (χ2n) is 8.35. The van der Waals surface area contributed by atoms with Crippen molar-refractivity contribution in [2.45, 2.75) is 71.0 Å². The number of nitrogens with one attached hydrogen (secondary N) is 1. The molecule has 31 heavy (non-hydrogen) atoms. The number of nitrogens with zero attached hydrogens (tertiary/aromatic N) is 1. The highest BCUT2D eigenvalue weighted by Crippen LogP contribution is 2.24. The average molecular weight is 461 g/mol. The summed E-state index contributed by atoms with van der Waals surface area (Å²) in [7, 11) is 0. The SMILES string of the molecule is CC[C@H](C(=O)NC1CCCC1)N(Cc1cccc(C)c1)C(=O)Cc1ccc(Cl)c(Cl)c1. The number of amides is 2. The van der Waals surface area contributed by atoms with Gasteiger partial charge in [-0.1, -0.05) is 78.9 Å². The number of hydrogen-bond donors (Lipinski definition) is 1. The summed E-state index contributed by atoms with van der Waals surface area (Å²) in [5.41, 5.74) is 2.91. The third-order valence-electron chi connectivity index (χ3n) is 5.86. The maximum absolute atomic E-state index is 13.4. The van der Waals surface area contributed by atoms with Crippen LogP contribution in [-0.2, 0) is 22.6 Å². The molecular weight excluding hydrogens is 431 g/mol. The van der Waals surface area contributed by atoms with Gasteiger partial charge in [-0.25, -0.2) is 0 Å². The molecule has 0 heterocycles. The van der Waals surface area contributed by atoms with Crippen molar-refractivity contribution in [1.82, 2.24) is 10.2 Å². The van der Waals surface area contributed by atoms with E-state index in [9.17, 15) is 9.59 Å². The summed E-state index contributed by atoms with van der Waals surface area (Å²) in [5, 5.41) is 4.05. The van der Waals surface area contributed by atoms with E-state index < -0.39 is 6.04 Å². The van der Waals surface area contributed by atoms with Gasteiger partial charge in [0, 0.05) is 12.6 Å². The highest BCUT2D eigenvalue weighted by Gasteiger charge is 2.30. The molecule has 0 unspecified atom stereocenters. The third kappa shape index (κ3) is 6.47. The second-order valence-corrected chi connectivity index (χ2v) is 9.16. The van der Waals surface area contributed by atoms with Gasteiger partial charge in [0.2, 0.25) is 11.8 Å². The molecule has 0 radical (unpaired) electrons. The standard InChI is InChI=1S/C25H30Cl2N2O2/c1-3-23(25(31)28-20-9-4-5-10-20)29(16-19-8-6-7-17(2)13-19)24(30)15-18-11-12-21(26)22(27)14-18/h6-8,11-14,20,23H,3-5,9-10,15-16H2,1-2H3,(H,28,31)/t23-/m1/s1. The van der Waals surface area contributed by atoms with Crippen LogP contribution in [0.4, 0.5) is 0 Å². The molecule has 2 aromatic carbocycles. The molecule has 0 spiro atoms. The maximum atomic E-state index is 13.4. The molecule has 1 atom stereocenters. The fraction of sp³-hybridized carbons (Fsp3) is 0.440. The van der Waals surface area contributed by atoms with E-state index in [-0.39, 0.29) is 24.3 Å². The van der Waals surface area contributed by atoms with E-state index in [1.165, 1.54) is 0 Å². The lowest BCUT2D eigenvalue weighted by atomic mass is 10.1. The zero-order chi connectivity index (χ0) is 22.4. The van der Waals surface area contributed by atoms with E-state index in [2.05, 4.69) is 11.4 Å². The molecule has 2 aromatic rings. The Labute approximate surface area is 194 Å². The molecule has 6 heteroatoms. The number of rotatable bonds is 8. The summed E-state index contributed by atoms with van der Waals surface area (Å²) in [4.78, 5) is 28.3. The Hall–Kier alpha value is -2.04. The van der Waals surface area contributed by atoms with Crippen LogP contribution < -0.4 is 5.32 Å². The molecule has 1 N–H and O–H groups in total. The molecule has 4 nitrogen and oxygen atoms in total. The van der Waals surface area contributed by atoms with Crippen LogP contribution in [0.15, 0.2) is 42.5 Å². The molecule has 0 aromatic heterocycles. The second kappa shape index (κ2) is 11.0. The van der Waals surface area contributed by atoms with Gasteiger partial charge < -0.3 is 10.2 Å². The van der Waals surface area contributed by atoms with Gasteiger partial charge in [0.1, 0.15) is 6.04 Å². The summed E-state index contributed by atoms with van der Waals surface area (Å²) >= 11 is 12.2. The molecule has 1 aliphatic rings. The van der Waals surface area contributed by atoms with Gasteiger partial charge in [0.15, 0.2) is 0 Å². The van der Waals surface area contributed by atoms with E-state index in [1.54, 1.807) is 23.1 Å². The molecule has 166 valence electrons. The van der Waals surface area contributed by atoms with Crippen molar-refractivity contribution in [3.8, 4) is 0 Å². The zero-order valence-corrected chi connectivity index (χ0v) is 19.7. The van der Waals surface area contributed by atoms with Crippen molar-refractivity contribution in [3.05, 3.63) is 69.2 Å². The summed E-state index contributed by atoms with van der Waals surface area (Å²) in [6.07, 6.45) is 5.03. The van der Waals surface area contributed by atoms with Crippen LogP contribution in [0.25, 0.3) is 0 Å². The lowest BCUT2D eigenvalue weighted by molar-refractivity contribution is -0.141. The molecule has 0 saturated heterocycles. The lowest BCUT2D eigenvalue weighted by Crippen LogP contribution is -2.51. The largest absolute Gasteiger partial charge is 0.352 e. The van der Waals surface area contributed by atoms with Crippen LogP contribution in [0.3, 0.4) is 0 Å². The van der Waals surface area contributed by atoms with E-state index in [0.717, 1.165) is 42.4 Å². The molecule has 1 saturated carbocycles. The number of aryl methyl sites for hydroxylation is 1. The highest BCUT2D eigenvalue weighted by atomic mass is 35.5. The van der Waals surface area contributed by atoms with E-state index in [0.29, 0.717) is 23.0 Å². The fourth-order valence-corrected chi connectivity index (χ4v) is 4.54. The van der Waals surface area contributed by atoms with Crippen molar-refractivity contribution < 1.29 is 9.59 Å². The van der Waals surface area contributed by atoms with E-state index in [1.807, 2.05) is 32.0 Å². The zero-order valence-electron chi connectivity index (χ0n) is 18.2. The molecule has 1 fully saturated rings. The van der Waals surface area contributed by atoms with Crippen LogP contribution in [0, 0.1) is 6.92 Å². The minimum absolute atomic E-state index is 0.0652.